The molecule has 1 saturated heterocycles. The Kier molecular flexibility index (Phi) is 6.60. The molecule has 0 unspecified atom stereocenters. The summed E-state index contributed by atoms with van der Waals surface area (Å²) in [5.74, 6) is -0.270. The first kappa shape index (κ1) is 19.1. The molecule has 1 atom stereocenters. The number of nitrogens with zero attached hydrogens (tertiary/aromatic N) is 1. The van der Waals surface area contributed by atoms with E-state index in [0.29, 0.717) is 17.8 Å². The van der Waals surface area contributed by atoms with Crippen LogP contribution in [0, 0.1) is 0 Å². The number of carbonyl (C=O) groups excluding carboxylic acids is 2. The summed E-state index contributed by atoms with van der Waals surface area (Å²) in [6.07, 6.45) is 3.52. The molecule has 1 heterocycles. The molecule has 142 valence electrons. The maximum absolute atomic E-state index is 12.7. The predicted octanol–water partition coefficient (Wildman–Crippen LogP) is 3.60. The Morgan fingerprint density at radius 3 is 2.37 bits per heavy atom. The Morgan fingerprint density at radius 1 is 0.963 bits per heavy atom. The largest absolute Gasteiger partial charge is 0.345 e. The Labute approximate surface area is 160 Å². The van der Waals surface area contributed by atoms with E-state index in [4.69, 9.17) is 0 Å². The van der Waals surface area contributed by atoms with Crippen molar-refractivity contribution in [1.29, 1.82) is 0 Å². The molecule has 5 nitrogen and oxygen atoms in total. The number of amides is 2. The fraction of sp³-hybridized carbons (Fsp3) is 0.364. The van der Waals surface area contributed by atoms with Gasteiger partial charge in [0.25, 0.3) is 5.91 Å². The minimum Gasteiger partial charge on any atom is -0.345 e. The second-order valence-corrected chi connectivity index (χ2v) is 7.04. The van der Waals surface area contributed by atoms with Crippen LogP contribution in [0.15, 0.2) is 54.6 Å². The number of piperidine rings is 1. The average Bonchev–Trinajstić information content (AvgIpc) is 2.69. The van der Waals surface area contributed by atoms with Gasteiger partial charge in [0.1, 0.15) is 0 Å². The van der Waals surface area contributed by atoms with E-state index in [0.717, 1.165) is 31.5 Å². The normalized spacial score (nSPS) is 15.7. The van der Waals surface area contributed by atoms with Crippen LogP contribution < -0.4 is 10.6 Å². The highest BCUT2D eigenvalue weighted by Gasteiger charge is 2.18. The lowest BCUT2D eigenvalue weighted by Crippen LogP contribution is -2.37. The molecular formula is C22H27N3O2. The lowest BCUT2D eigenvalue weighted by molar-refractivity contribution is -0.117. The van der Waals surface area contributed by atoms with Crippen LogP contribution in [0.5, 0.6) is 0 Å². The quantitative estimate of drug-likeness (QED) is 0.822. The summed E-state index contributed by atoms with van der Waals surface area (Å²) in [5.41, 5.74) is 2.07. The van der Waals surface area contributed by atoms with Crippen LogP contribution in [0.4, 0.5) is 5.69 Å². The van der Waals surface area contributed by atoms with Gasteiger partial charge in [0.2, 0.25) is 5.91 Å². The SMILES string of the molecule is C[C@@H](NC(=O)c1ccccc1NC(=O)CN1CCCCC1)c1ccccc1. The van der Waals surface area contributed by atoms with Crippen LogP contribution in [0.1, 0.15) is 48.1 Å². The van der Waals surface area contributed by atoms with E-state index < -0.39 is 0 Å². The van der Waals surface area contributed by atoms with Crippen molar-refractivity contribution in [3.63, 3.8) is 0 Å². The van der Waals surface area contributed by atoms with Crippen molar-refractivity contribution in [2.45, 2.75) is 32.2 Å². The Bertz CT molecular complexity index is 770. The summed E-state index contributed by atoms with van der Waals surface area (Å²) in [6, 6.07) is 16.9. The second-order valence-electron chi connectivity index (χ2n) is 7.04. The Balaban J connectivity index is 1.64. The van der Waals surface area contributed by atoms with Gasteiger partial charge in [-0.2, -0.15) is 0 Å². The molecule has 0 aliphatic carbocycles. The van der Waals surface area contributed by atoms with Crippen molar-refractivity contribution in [3.8, 4) is 0 Å². The van der Waals surface area contributed by atoms with E-state index in [1.54, 1.807) is 12.1 Å². The van der Waals surface area contributed by atoms with Crippen LogP contribution in [0.25, 0.3) is 0 Å². The Morgan fingerprint density at radius 2 is 1.63 bits per heavy atom. The Hall–Kier alpha value is -2.66. The van der Waals surface area contributed by atoms with Crippen LogP contribution in [0.2, 0.25) is 0 Å². The fourth-order valence-corrected chi connectivity index (χ4v) is 3.40. The molecule has 5 heteroatoms. The number of rotatable bonds is 6. The molecule has 1 aliphatic heterocycles. The third kappa shape index (κ3) is 5.41. The zero-order chi connectivity index (χ0) is 19.1. The molecule has 2 aromatic carbocycles. The van der Waals surface area contributed by atoms with E-state index in [9.17, 15) is 9.59 Å². The highest BCUT2D eigenvalue weighted by Crippen LogP contribution is 2.18. The first-order valence-corrected chi connectivity index (χ1v) is 9.60. The highest BCUT2D eigenvalue weighted by molar-refractivity contribution is 6.04. The summed E-state index contributed by atoms with van der Waals surface area (Å²) in [6.45, 7) is 4.25. The fourth-order valence-electron chi connectivity index (χ4n) is 3.40. The number of likely N-dealkylation sites (tertiary alicyclic amines) is 1. The molecule has 0 radical (unpaired) electrons. The molecule has 2 aromatic rings. The number of benzene rings is 2. The van der Waals surface area contributed by atoms with Crippen molar-refractivity contribution >= 4 is 17.5 Å². The van der Waals surface area contributed by atoms with Crippen LogP contribution in [-0.4, -0.2) is 36.3 Å². The molecule has 0 bridgehead atoms. The van der Waals surface area contributed by atoms with Gasteiger partial charge in [-0.25, -0.2) is 0 Å². The van der Waals surface area contributed by atoms with E-state index in [-0.39, 0.29) is 17.9 Å². The van der Waals surface area contributed by atoms with E-state index in [1.165, 1.54) is 6.42 Å². The third-order valence-electron chi connectivity index (χ3n) is 4.91. The summed E-state index contributed by atoms with van der Waals surface area (Å²) < 4.78 is 0. The standard InChI is InChI=1S/C22H27N3O2/c1-17(18-10-4-2-5-11-18)23-22(27)19-12-6-7-13-20(19)24-21(26)16-25-14-8-3-9-15-25/h2,4-7,10-13,17H,3,8-9,14-16H2,1H3,(H,23,27)(H,24,26)/t17-/m1/s1. The average molecular weight is 365 g/mol. The van der Waals surface area contributed by atoms with Crippen LogP contribution in [-0.2, 0) is 4.79 Å². The van der Waals surface area contributed by atoms with Gasteiger partial charge in [0.15, 0.2) is 0 Å². The van der Waals surface area contributed by atoms with Gasteiger partial charge in [-0.1, -0.05) is 48.9 Å². The minimum absolute atomic E-state index is 0.0757. The minimum atomic E-state index is -0.194. The number of nitrogens with one attached hydrogen (secondary N) is 2. The van der Waals surface area contributed by atoms with Gasteiger partial charge in [0, 0.05) is 0 Å². The van der Waals surface area contributed by atoms with Crippen molar-refractivity contribution in [1.82, 2.24) is 10.2 Å². The lowest BCUT2D eigenvalue weighted by Gasteiger charge is -2.25. The first-order valence-electron chi connectivity index (χ1n) is 9.60. The highest BCUT2D eigenvalue weighted by atomic mass is 16.2. The first-order chi connectivity index (χ1) is 13.1. The van der Waals surface area contributed by atoms with Gasteiger partial charge in [-0.3, -0.25) is 14.5 Å². The lowest BCUT2D eigenvalue weighted by atomic mass is 10.1. The maximum Gasteiger partial charge on any atom is 0.253 e. The number of anilines is 1. The molecule has 1 aliphatic rings. The third-order valence-corrected chi connectivity index (χ3v) is 4.91. The van der Waals surface area contributed by atoms with Crippen LogP contribution in [0.3, 0.4) is 0 Å². The zero-order valence-corrected chi connectivity index (χ0v) is 15.8. The van der Waals surface area contributed by atoms with Gasteiger partial charge in [-0.15, -0.1) is 0 Å². The van der Waals surface area contributed by atoms with Crippen molar-refractivity contribution in [3.05, 3.63) is 65.7 Å². The van der Waals surface area contributed by atoms with Crippen molar-refractivity contribution in [2.75, 3.05) is 25.0 Å². The van der Waals surface area contributed by atoms with Gasteiger partial charge in [0.05, 0.1) is 23.8 Å². The molecule has 3 rings (SSSR count). The summed E-state index contributed by atoms with van der Waals surface area (Å²) >= 11 is 0. The second kappa shape index (κ2) is 9.33. The summed E-state index contributed by atoms with van der Waals surface area (Å²) in [7, 11) is 0. The van der Waals surface area contributed by atoms with E-state index >= 15 is 0 Å². The van der Waals surface area contributed by atoms with Crippen molar-refractivity contribution in [2.24, 2.45) is 0 Å². The number of para-hydroxylation sites is 1. The maximum atomic E-state index is 12.7. The van der Waals surface area contributed by atoms with E-state index in [1.807, 2.05) is 49.4 Å². The number of carbonyl (C=O) groups is 2. The van der Waals surface area contributed by atoms with Gasteiger partial charge >= 0.3 is 0 Å². The topological polar surface area (TPSA) is 61.4 Å². The molecule has 1 fully saturated rings. The summed E-state index contributed by atoms with van der Waals surface area (Å²) in [4.78, 5) is 27.3. The molecular weight excluding hydrogens is 338 g/mol. The van der Waals surface area contributed by atoms with Crippen LogP contribution >= 0.6 is 0 Å². The molecule has 0 saturated carbocycles. The number of hydrogen-bond acceptors (Lipinski definition) is 3. The number of hydrogen-bond donors (Lipinski definition) is 2. The zero-order valence-electron chi connectivity index (χ0n) is 15.8. The van der Waals surface area contributed by atoms with Gasteiger partial charge in [-0.05, 0) is 50.6 Å². The smallest absolute Gasteiger partial charge is 0.253 e. The molecule has 2 N–H and O–H groups in total. The predicted molar refractivity (Wildman–Crippen MR) is 108 cm³/mol. The summed E-state index contributed by atoms with van der Waals surface area (Å²) in [5, 5.41) is 5.92. The van der Waals surface area contributed by atoms with Crippen molar-refractivity contribution < 1.29 is 9.59 Å². The monoisotopic (exact) mass is 365 g/mol. The molecule has 2 amide bonds. The van der Waals surface area contributed by atoms with E-state index in [2.05, 4.69) is 15.5 Å². The molecule has 27 heavy (non-hydrogen) atoms. The molecule has 0 aromatic heterocycles. The van der Waals surface area contributed by atoms with Gasteiger partial charge < -0.3 is 10.6 Å². The molecule has 0 spiro atoms.